The molecule has 0 spiro atoms. The zero-order valence-electron chi connectivity index (χ0n) is 45.7. The lowest BCUT2D eigenvalue weighted by Crippen LogP contribution is -2.60. The summed E-state index contributed by atoms with van der Waals surface area (Å²) in [6.45, 7) is 20.6. The van der Waals surface area contributed by atoms with Gasteiger partial charge >= 0.3 is 23.9 Å². The van der Waals surface area contributed by atoms with E-state index < -0.39 is 113 Å². The van der Waals surface area contributed by atoms with E-state index >= 15 is 0 Å². The van der Waals surface area contributed by atoms with E-state index in [-0.39, 0.29) is 50.5 Å². The van der Waals surface area contributed by atoms with Gasteiger partial charge < -0.3 is 45.5 Å². The Kier molecular flexibility index (Phi) is 24.2. The van der Waals surface area contributed by atoms with Gasteiger partial charge in [-0.1, -0.05) is 87.7 Å². The molecule has 0 heterocycles. The van der Waals surface area contributed by atoms with E-state index in [4.69, 9.17) is 18.9 Å². The van der Waals surface area contributed by atoms with Crippen LogP contribution in [0, 0.1) is 18.8 Å². The minimum Gasteiger partial charge on any atom is -0.460 e. The van der Waals surface area contributed by atoms with Crippen molar-refractivity contribution >= 4 is 53.4 Å². The molecule has 1 aliphatic carbocycles. The minimum absolute atomic E-state index is 0.00131. The van der Waals surface area contributed by atoms with Gasteiger partial charge in [-0.15, -0.1) is 0 Å². The Morgan fingerprint density at radius 1 is 0.554 bits per heavy atom. The van der Waals surface area contributed by atoms with Crippen LogP contribution in [-0.4, -0.2) is 100 Å². The topological polar surface area (TPSA) is 251 Å². The van der Waals surface area contributed by atoms with Gasteiger partial charge in [-0.3, -0.25) is 38.4 Å². The largest absolute Gasteiger partial charge is 0.460 e. The van der Waals surface area contributed by atoms with Crippen LogP contribution in [0.5, 0.6) is 0 Å². The highest BCUT2D eigenvalue weighted by Gasteiger charge is 2.38. The van der Waals surface area contributed by atoms with Crippen LogP contribution in [0.15, 0.2) is 54.6 Å². The number of hydrogen-bond donors (Lipinski definition) is 5. The summed E-state index contributed by atoms with van der Waals surface area (Å²) >= 11 is 0. The summed E-state index contributed by atoms with van der Waals surface area (Å²) in [5.74, 6) is -7.16. The molecule has 5 N–H and O–H groups in total. The molecule has 0 bridgehead atoms. The number of aryl methyl sites for hydroxylation is 1. The van der Waals surface area contributed by atoms with E-state index in [1.54, 1.807) is 74.4 Å². The van der Waals surface area contributed by atoms with Gasteiger partial charge in [0.1, 0.15) is 53.6 Å². The number of amides is 5. The van der Waals surface area contributed by atoms with Crippen LogP contribution in [0.4, 0.5) is 0 Å². The lowest BCUT2D eigenvalue weighted by atomic mass is 9.83. The summed E-state index contributed by atoms with van der Waals surface area (Å²) < 4.78 is 21.9. The van der Waals surface area contributed by atoms with E-state index in [2.05, 4.69) is 26.6 Å². The lowest BCUT2D eigenvalue weighted by molar-refractivity contribution is -0.158. The second-order valence-corrected chi connectivity index (χ2v) is 22.5. The van der Waals surface area contributed by atoms with Gasteiger partial charge in [0.05, 0.1) is 12.8 Å². The van der Waals surface area contributed by atoms with Crippen molar-refractivity contribution in [1.29, 1.82) is 0 Å². The molecule has 1 fully saturated rings. The van der Waals surface area contributed by atoms with Crippen molar-refractivity contribution < 1.29 is 62.1 Å². The molecule has 5 atom stereocenters. The van der Waals surface area contributed by atoms with Crippen molar-refractivity contribution in [2.45, 2.75) is 214 Å². The third-order valence-electron chi connectivity index (χ3n) is 11.7. The van der Waals surface area contributed by atoms with Gasteiger partial charge in [-0.25, -0.2) is 4.79 Å². The highest BCUT2D eigenvalue weighted by molar-refractivity contribution is 5.97. The van der Waals surface area contributed by atoms with Crippen molar-refractivity contribution in [3.63, 3.8) is 0 Å². The Morgan fingerprint density at radius 3 is 1.65 bits per heavy atom. The molecule has 0 aliphatic heterocycles. The molecule has 18 heteroatoms. The number of ether oxygens (including phenoxy) is 4. The quantitative estimate of drug-likeness (QED) is 0.0541. The maximum absolute atomic E-state index is 14.8. The smallest absolute Gasteiger partial charge is 0.328 e. The molecule has 18 nitrogen and oxygen atoms in total. The van der Waals surface area contributed by atoms with Crippen LogP contribution >= 0.6 is 0 Å². The minimum atomic E-state index is -1.62. The number of nitrogens with one attached hydrogen (secondary N) is 5. The van der Waals surface area contributed by atoms with Crippen molar-refractivity contribution in [2.75, 3.05) is 0 Å². The second kappa shape index (κ2) is 28.9. The number of hydrogen-bond acceptors (Lipinski definition) is 13. The second-order valence-electron chi connectivity index (χ2n) is 22.5. The molecule has 0 saturated heterocycles. The van der Waals surface area contributed by atoms with Gasteiger partial charge in [0, 0.05) is 19.3 Å². The Balaban J connectivity index is 2.01. The molecule has 0 unspecified atom stereocenters. The summed E-state index contributed by atoms with van der Waals surface area (Å²) in [4.78, 5) is 124. The molecule has 5 amide bonds. The number of rotatable bonds is 25. The van der Waals surface area contributed by atoms with Crippen LogP contribution in [0.3, 0.4) is 0 Å². The molecule has 74 heavy (non-hydrogen) atoms. The molecule has 1 saturated carbocycles. The van der Waals surface area contributed by atoms with Crippen molar-refractivity contribution in [3.8, 4) is 0 Å². The summed E-state index contributed by atoms with van der Waals surface area (Å²) in [5, 5.41) is 13.7. The standard InChI is InChI=1S/C56H83N5O13/c1-35(2)31-43(53(70)71-34-37-22-15-13-16-23-37)60-52(69)48(38-24-17-14-18-25-38)61-51(68)41(32-39-26-20-19-21-36(39)3)59-49(66)40(27-29-45(63)72-54(4,5)6)58-50(67)42(33-47(65)74-56(10,11)12)57-44(62)28-30-46(64)73-55(7,8)9/h13,15-16,19-23,26,35,38,40-43,48H,14,17-18,24-25,27-34H2,1-12H3,(H,57,62)(H,58,67)(H,59,66)(H,60,69)(H,61,68)/t40-,41-,42-,43-,48-/m0/s1. The van der Waals surface area contributed by atoms with Gasteiger partial charge in [-0.2, -0.15) is 0 Å². The first kappa shape index (κ1) is 62.0. The maximum Gasteiger partial charge on any atom is 0.328 e. The van der Waals surface area contributed by atoms with Crippen LogP contribution in [0.25, 0.3) is 0 Å². The Labute approximate surface area is 437 Å². The van der Waals surface area contributed by atoms with Crippen molar-refractivity contribution in [2.24, 2.45) is 11.8 Å². The summed E-state index contributed by atoms with van der Waals surface area (Å²) in [6, 6.07) is 9.69. The first-order chi connectivity index (χ1) is 34.5. The van der Waals surface area contributed by atoms with Gasteiger partial charge in [-0.05, 0) is 123 Å². The van der Waals surface area contributed by atoms with Crippen LogP contribution in [0.2, 0.25) is 0 Å². The third-order valence-corrected chi connectivity index (χ3v) is 11.7. The summed E-state index contributed by atoms with van der Waals surface area (Å²) in [5.41, 5.74) is -0.420. The molecule has 1 aliphatic rings. The fourth-order valence-corrected chi connectivity index (χ4v) is 8.27. The number of esters is 4. The molecule has 2 aromatic rings. The third kappa shape index (κ3) is 24.1. The highest BCUT2D eigenvalue weighted by atomic mass is 16.6. The van der Waals surface area contributed by atoms with Crippen LogP contribution in [0.1, 0.15) is 163 Å². The van der Waals surface area contributed by atoms with E-state index in [0.717, 1.165) is 30.4 Å². The molecule has 0 aromatic heterocycles. The molecule has 2 aromatic carbocycles. The van der Waals surface area contributed by atoms with Gasteiger partial charge in [0.25, 0.3) is 0 Å². The number of carbonyl (C=O) groups excluding carboxylic acids is 9. The van der Waals surface area contributed by atoms with Gasteiger partial charge in [0.2, 0.25) is 29.5 Å². The molecule has 0 radical (unpaired) electrons. The molecule has 410 valence electrons. The SMILES string of the molecule is Cc1ccccc1C[C@H](NC(=O)[C@H](CCC(=O)OC(C)(C)C)NC(=O)[C@H](CC(=O)OC(C)(C)C)NC(=O)CCC(=O)OC(C)(C)C)C(=O)N[C@H](C(=O)N[C@@H](CC(C)C)C(=O)OCc1ccccc1)C1CCCCC1. The summed E-state index contributed by atoms with van der Waals surface area (Å²) in [7, 11) is 0. The Bertz CT molecular complexity index is 2220. The lowest BCUT2D eigenvalue weighted by Gasteiger charge is -2.33. The van der Waals surface area contributed by atoms with Gasteiger partial charge in [0.15, 0.2) is 0 Å². The predicted octanol–water partition coefficient (Wildman–Crippen LogP) is 6.31. The maximum atomic E-state index is 14.8. The fraction of sp³-hybridized carbons (Fsp3) is 0.625. The average Bonchev–Trinajstić information content (AvgIpc) is 3.29. The molecule has 3 rings (SSSR count). The number of carbonyl (C=O) groups is 9. The zero-order valence-corrected chi connectivity index (χ0v) is 45.7. The Morgan fingerprint density at radius 2 is 1.07 bits per heavy atom. The average molecular weight is 1030 g/mol. The summed E-state index contributed by atoms with van der Waals surface area (Å²) in [6.07, 6.45) is 1.85. The van der Waals surface area contributed by atoms with Crippen molar-refractivity contribution in [3.05, 3.63) is 71.3 Å². The normalized spacial score (nSPS) is 15.2. The fourth-order valence-electron chi connectivity index (χ4n) is 8.27. The zero-order chi connectivity index (χ0) is 55.4. The predicted molar refractivity (Wildman–Crippen MR) is 277 cm³/mol. The van der Waals surface area contributed by atoms with E-state index in [9.17, 15) is 43.2 Å². The number of benzene rings is 2. The molecular formula is C56H83N5O13. The first-order valence-corrected chi connectivity index (χ1v) is 25.9. The highest BCUT2D eigenvalue weighted by Crippen LogP contribution is 2.27. The monoisotopic (exact) mass is 1030 g/mol. The van der Waals surface area contributed by atoms with E-state index in [0.29, 0.717) is 18.4 Å². The Hall–Kier alpha value is -6.33. The van der Waals surface area contributed by atoms with Crippen LogP contribution < -0.4 is 26.6 Å². The van der Waals surface area contributed by atoms with Crippen molar-refractivity contribution in [1.82, 2.24) is 26.6 Å². The van der Waals surface area contributed by atoms with E-state index in [1.165, 1.54) is 0 Å². The van der Waals surface area contributed by atoms with E-state index in [1.807, 2.05) is 63.2 Å². The molecular weight excluding hydrogens is 951 g/mol. The van der Waals surface area contributed by atoms with Crippen LogP contribution in [-0.2, 0) is 75.1 Å². The first-order valence-electron chi connectivity index (χ1n) is 25.9.